The van der Waals surface area contributed by atoms with Crippen molar-refractivity contribution in [2.24, 2.45) is 5.92 Å². The van der Waals surface area contributed by atoms with Gasteiger partial charge in [-0.25, -0.2) is 0 Å². The Hall–Kier alpha value is -3.41. The first-order chi connectivity index (χ1) is 16.1. The largest absolute Gasteiger partial charge is 0.493 e. The zero-order chi connectivity index (χ0) is 23.2. The van der Waals surface area contributed by atoms with Gasteiger partial charge in [-0.15, -0.1) is 0 Å². The fraction of sp³-hybridized carbons (Fsp3) is 0.370. The molecule has 0 N–H and O–H groups in total. The van der Waals surface area contributed by atoms with Crippen LogP contribution in [0.3, 0.4) is 0 Å². The lowest BCUT2D eigenvalue weighted by Gasteiger charge is -2.26. The summed E-state index contributed by atoms with van der Waals surface area (Å²) in [5, 5.41) is 4.54. The minimum atomic E-state index is -0.306. The van der Waals surface area contributed by atoms with Crippen LogP contribution >= 0.6 is 0 Å². The molecule has 1 atom stereocenters. The summed E-state index contributed by atoms with van der Waals surface area (Å²) >= 11 is 0. The Morgan fingerprint density at radius 3 is 2.58 bits per heavy atom. The minimum Gasteiger partial charge on any atom is -0.493 e. The Balaban J connectivity index is 1.55. The average Bonchev–Trinajstić information content (AvgIpc) is 3.29. The Morgan fingerprint density at radius 1 is 1.00 bits per heavy atom. The molecule has 0 spiro atoms. The molecule has 0 saturated heterocycles. The highest BCUT2D eigenvalue weighted by Crippen LogP contribution is 2.31. The van der Waals surface area contributed by atoms with Gasteiger partial charge in [0.1, 0.15) is 18.0 Å². The lowest BCUT2D eigenvalue weighted by Crippen LogP contribution is -2.40. The molecule has 1 aromatic heterocycles. The summed E-state index contributed by atoms with van der Waals surface area (Å²) in [6, 6.07) is 19.3. The van der Waals surface area contributed by atoms with Crippen LogP contribution in [-0.4, -0.2) is 28.2 Å². The van der Waals surface area contributed by atoms with Crippen molar-refractivity contribution >= 4 is 17.6 Å². The summed E-state index contributed by atoms with van der Waals surface area (Å²) in [6.45, 7) is 5.50. The maximum atomic E-state index is 12.7. The van der Waals surface area contributed by atoms with E-state index in [4.69, 9.17) is 4.74 Å². The Morgan fingerprint density at radius 2 is 1.82 bits per heavy atom. The van der Waals surface area contributed by atoms with E-state index in [2.05, 4.69) is 18.9 Å². The summed E-state index contributed by atoms with van der Waals surface area (Å²) in [6.07, 6.45) is 4.50. The van der Waals surface area contributed by atoms with E-state index >= 15 is 0 Å². The normalized spacial score (nSPS) is 14.3. The van der Waals surface area contributed by atoms with Gasteiger partial charge < -0.3 is 4.74 Å². The van der Waals surface area contributed by atoms with Gasteiger partial charge in [-0.3, -0.25) is 14.5 Å². The van der Waals surface area contributed by atoms with Crippen LogP contribution in [0.4, 0.5) is 5.82 Å². The molecule has 0 fully saturated rings. The highest BCUT2D eigenvalue weighted by atomic mass is 16.5. The SMILES string of the molecule is CCCCC(CC)COc1cccc(-c2cc3n(n2)C(=O)CC(=O)N3Cc2ccccc2)c1. The third-order valence-electron chi connectivity index (χ3n) is 6.15. The third kappa shape index (κ3) is 5.33. The van der Waals surface area contributed by atoms with E-state index in [0.29, 0.717) is 30.6 Å². The zero-order valence-corrected chi connectivity index (χ0v) is 19.4. The van der Waals surface area contributed by atoms with Crippen LogP contribution in [0.5, 0.6) is 5.75 Å². The molecule has 2 heterocycles. The van der Waals surface area contributed by atoms with E-state index in [1.165, 1.54) is 23.9 Å². The number of nitrogens with zero attached hydrogens (tertiary/aromatic N) is 3. The number of rotatable bonds is 10. The highest BCUT2D eigenvalue weighted by molar-refractivity contribution is 6.10. The van der Waals surface area contributed by atoms with Crippen molar-refractivity contribution in [3.63, 3.8) is 0 Å². The first kappa shape index (κ1) is 22.8. The van der Waals surface area contributed by atoms with Crippen LogP contribution in [0.15, 0.2) is 60.7 Å². The Labute approximate surface area is 195 Å². The molecular weight excluding hydrogens is 414 g/mol. The molecule has 1 aliphatic rings. The van der Waals surface area contributed by atoms with E-state index in [9.17, 15) is 9.59 Å². The first-order valence-electron chi connectivity index (χ1n) is 11.8. The quantitative estimate of drug-likeness (QED) is 0.374. The van der Waals surface area contributed by atoms with Gasteiger partial charge in [-0.1, -0.05) is 75.6 Å². The van der Waals surface area contributed by atoms with Gasteiger partial charge in [-0.05, 0) is 30.0 Å². The highest BCUT2D eigenvalue weighted by Gasteiger charge is 2.32. The molecule has 3 aromatic rings. The fourth-order valence-corrected chi connectivity index (χ4v) is 4.11. The van der Waals surface area contributed by atoms with Crippen LogP contribution in [-0.2, 0) is 11.3 Å². The van der Waals surface area contributed by atoms with Crippen LogP contribution in [0, 0.1) is 5.92 Å². The van der Waals surface area contributed by atoms with Crippen molar-refractivity contribution in [2.45, 2.75) is 52.5 Å². The number of amides is 1. The lowest BCUT2D eigenvalue weighted by molar-refractivity contribution is -0.118. The van der Waals surface area contributed by atoms with Gasteiger partial charge in [-0.2, -0.15) is 9.78 Å². The van der Waals surface area contributed by atoms with Gasteiger partial charge >= 0.3 is 0 Å². The maximum absolute atomic E-state index is 12.7. The fourth-order valence-electron chi connectivity index (χ4n) is 4.11. The van der Waals surface area contributed by atoms with Crippen molar-refractivity contribution in [2.75, 3.05) is 11.5 Å². The number of anilines is 1. The molecule has 0 bridgehead atoms. The van der Waals surface area contributed by atoms with Crippen LogP contribution in [0.2, 0.25) is 0 Å². The second-order valence-electron chi connectivity index (χ2n) is 8.59. The number of aromatic nitrogens is 2. The molecule has 1 aliphatic heterocycles. The summed E-state index contributed by atoms with van der Waals surface area (Å²) < 4.78 is 7.44. The standard InChI is InChI=1S/C27H31N3O3/c1-3-5-10-20(4-2)19-33-23-14-9-13-22(15-23)24-16-25-29(18-21-11-7-6-8-12-21)26(31)17-27(32)30(25)28-24/h6-9,11-16,20H,3-5,10,17-19H2,1-2H3. The number of carbonyl (C=O) groups is 2. The van der Waals surface area contributed by atoms with E-state index in [0.717, 1.165) is 23.3 Å². The maximum Gasteiger partial charge on any atom is 0.258 e. The molecule has 1 unspecified atom stereocenters. The summed E-state index contributed by atoms with van der Waals surface area (Å²) in [4.78, 5) is 26.8. The van der Waals surface area contributed by atoms with Crippen molar-refractivity contribution in [3.8, 4) is 17.0 Å². The van der Waals surface area contributed by atoms with Gasteiger partial charge in [0.2, 0.25) is 5.91 Å². The van der Waals surface area contributed by atoms with Crippen molar-refractivity contribution in [1.82, 2.24) is 9.78 Å². The van der Waals surface area contributed by atoms with Crippen molar-refractivity contribution in [1.29, 1.82) is 0 Å². The average molecular weight is 446 g/mol. The predicted molar refractivity (Wildman–Crippen MR) is 129 cm³/mol. The molecule has 0 aliphatic carbocycles. The zero-order valence-electron chi connectivity index (χ0n) is 19.4. The van der Waals surface area contributed by atoms with Crippen molar-refractivity contribution < 1.29 is 14.3 Å². The van der Waals surface area contributed by atoms with E-state index in [1.54, 1.807) is 4.90 Å². The minimum absolute atomic E-state index is 0.180. The number of hydrogen-bond donors (Lipinski definition) is 0. The van der Waals surface area contributed by atoms with Gasteiger partial charge in [0, 0.05) is 11.6 Å². The molecule has 1 amide bonds. The molecule has 172 valence electrons. The Bertz CT molecular complexity index is 1110. The summed E-state index contributed by atoms with van der Waals surface area (Å²) in [5.74, 6) is 1.32. The number of benzene rings is 2. The molecule has 0 radical (unpaired) electrons. The molecule has 6 heteroatoms. The van der Waals surface area contributed by atoms with Crippen LogP contribution < -0.4 is 9.64 Å². The second kappa shape index (κ2) is 10.5. The third-order valence-corrected chi connectivity index (χ3v) is 6.15. The second-order valence-corrected chi connectivity index (χ2v) is 8.59. The smallest absolute Gasteiger partial charge is 0.258 e. The number of unbranched alkanes of at least 4 members (excludes halogenated alkanes) is 1. The molecule has 6 nitrogen and oxygen atoms in total. The van der Waals surface area contributed by atoms with E-state index in [-0.39, 0.29) is 18.2 Å². The summed E-state index contributed by atoms with van der Waals surface area (Å²) in [7, 11) is 0. The van der Waals surface area contributed by atoms with Crippen molar-refractivity contribution in [3.05, 3.63) is 66.2 Å². The number of ether oxygens (including phenoxy) is 1. The molecule has 0 saturated carbocycles. The Kier molecular flexibility index (Phi) is 7.23. The predicted octanol–water partition coefficient (Wildman–Crippen LogP) is 5.72. The lowest BCUT2D eigenvalue weighted by atomic mass is 10.0. The number of fused-ring (bicyclic) bond motifs is 1. The topological polar surface area (TPSA) is 64.4 Å². The van der Waals surface area contributed by atoms with E-state index in [1.807, 2.05) is 60.7 Å². The van der Waals surface area contributed by atoms with Gasteiger partial charge in [0.25, 0.3) is 5.91 Å². The monoisotopic (exact) mass is 445 g/mol. The summed E-state index contributed by atoms with van der Waals surface area (Å²) in [5.41, 5.74) is 2.50. The molecular formula is C27H31N3O3. The molecule has 4 rings (SSSR count). The van der Waals surface area contributed by atoms with Gasteiger partial charge in [0.05, 0.1) is 18.8 Å². The van der Waals surface area contributed by atoms with Crippen LogP contribution in [0.25, 0.3) is 11.3 Å². The van der Waals surface area contributed by atoms with Gasteiger partial charge in [0.15, 0.2) is 0 Å². The number of carbonyl (C=O) groups excluding carboxylic acids is 2. The first-order valence-corrected chi connectivity index (χ1v) is 11.8. The molecule has 33 heavy (non-hydrogen) atoms. The van der Waals surface area contributed by atoms with E-state index < -0.39 is 0 Å². The number of hydrogen-bond acceptors (Lipinski definition) is 4. The molecule has 2 aromatic carbocycles. The van der Waals surface area contributed by atoms with Crippen LogP contribution in [0.1, 0.15) is 56.3 Å².